The maximum atomic E-state index is 3.80. The van der Waals surface area contributed by atoms with Gasteiger partial charge in [0.25, 0.3) is 0 Å². The Morgan fingerprint density at radius 1 is 1.20 bits per heavy atom. The van der Waals surface area contributed by atoms with E-state index in [1.165, 1.54) is 45.3 Å². The number of piperazine rings is 1. The van der Waals surface area contributed by atoms with Crippen LogP contribution in [-0.4, -0.2) is 36.1 Å². The van der Waals surface area contributed by atoms with Crippen LogP contribution < -0.4 is 5.32 Å². The molecule has 0 bridgehead atoms. The van der Waals surface area contributed by atoms with Gasteiger partial charge in [0.15, 0.2) is 0 Å². The first-order valence-corrected chi connectivity index (χ1v) is 6.74. The summed E-state index contributed by atoms with van der Waals surface area (Å²) in [5.41, 5.74) is 0.445. The highest BCUT2D eigenvalue weighted by Gasteiger charge is 2.42. The van der Waals surface area contributed by atoms with Crippen molar-refractivity contribution < 1.29 is 0 Å². The third-order valence-electron chi connectivity index (χ3n) is 4.67. The van der Waals surface area contributed by atoms with Crippen LogP contribution in [0.15, 0.2) is 0 Å². The highest BCUT2D eigenvalue weighted by atomic mass is 15.3. The molecule has 2 fully saturated rings. The van der Waals surface area contributed by atoms with E-state index >= 15 is 0 Å². The molecule has 88 valence electrons. The van der Waals surface area contributed by atoms with Crippen molar-refractivity contribution in [2.24, 2.45) is 5.92 Å². The number of nitrogens with zero attached hydrogens (tertiary/aromatic N) is 1. The molecular formula is C13H26N2. The number of hydrogen-bond donors (Lipinski definition) is 1. The third-order valence-corrected chi connectivity index (χ3v) is 4.67. The molecule has 1 N–H and O–H groups in total. The van der Waals surface area contributed by atoms with Crippen LogP contribution in [0.4, 0.5) is 0 Å². The van der Waals surface area contributed by atoms with Gasteiger partial charge in [0.2, 0.25) is 0 Å². The van der Waals surface area contributed by atoms with Crippen LogP contribution in [-0.2, 0) is 0 Å². The summed E-state index contributed by atoms with van der Waals surface area (Å²) < 4.78 is 0. The first-order chi connectivity index (χ1) is 7.25. The molecule has 2 nitrogen and oxygen atoms in total. The summed E-state index contributed by atoms with van der Waals surface area (Å²) in [6.07, 6.45) is 5.48. The molecule has 0 aromatic rings. The van der Waals surface area contributed by atoms with Gasteiger partial charge in [-0.2, -0.15) is 0 Å². The van der Waals surface area contributed by atoms with Crippen molar-refractivity contribution in [2.45, 2.75) is 58.0 Å². The summed E-state index contributed by atoms with van der Waals surface area (Å²) in [6, 6.07) is 0.788. The summed E-state index contributed by atoms with van der Waals surface area (Å²) in [5, 5.41) is 3.80. The predicted octanol–water partition coefficient (Wildman–Crippen LogP) is 2.25. The zero-order valence-corrected chi connectivity index (χ0v) is 10.6. The summed E-state index contributed by atoms with van der Waals surface area (Å²) >= 11 is 0. The molecule has 0 amide bonds. The van der Waals surface area contributed by atoms with E-state index in [9.17, 15) is 0 Å². The molecule has 0 radical (unpaired) electrons. The van der Waals surface area contributed by atoms with Crippen LogP contribution in [0, 0.1) is 5.92 Å². The Hall–Kier alpha value is -0.0800. The Labute approximate surface area is 94.4 Å². The molecule has 0 aromatic heterocycles. The van der Waals surface area contributed by atoms with Crippen LogP contribution in [0.5, 0.6) is 0 Å². The second-order valence-corrected chi connectivity index (χ2v) is 5.29. The van der Waals surface area contributed by atoms with Crippen LogP contribution >= 0.6 is 0 Å². The normalized spacial score (nSPS) is 31.8. The van der Waals surface area contributed by atoms with Crippen molar-refractivity contribution >= 4 is 0 Å². The van der Waals surface area contributed by atoms with Crippen molar-refractivity contribution in [1.29, 1.82) is 0 Å². The lowest BCUT2D eigenvalue weighted by atomic mass is 9.86. The molecule has 15 heavy (non-hydrogen) atoms. The van der Waals surface area contributed by atoms with E-state index in [0.717, 1.165) is 12.0 Å². The molecule has 1 atom stereocenters. The van der Waals surface area contributed by atoms with E-state index in [1.54, 1.807) is 0 Å². The van der Waals surface area contributed by atoms with Gasteiger partial charge in [-0.05, 0) is 38.1 Å². The van der Waals surface area contributed by atoms with Gasteiger partial charge in [0.05, 0.1) is 0 Å². The molecule has 1 saturated carbocycles. The van der Waals surface area contributed by atoms with Crippen LogP contribution in [0.1, 0.15) is 46.5 Å². The van der Waals surface area contributed by atoms with Gasteiger partial charge in [-0.3, -0.25) is 4.90 Å². The summed E-state index contributed by atoms with van der Waals surface area (Å²) in [6.45, 7) is 10.7. The van der Waals surface area contributed by atoms with Gasteiger partial charge >= 0.3 is 0 Å². The summed E-state index contributed by atoms with van der Waals surface area (Å²) in [4.78, 5) is 2.73. The first-order valence-electron chi connectivity index (χ1n) is 6.74. The van der Waals surface area contributed by atoms with E-state index in [1.807, 2.05) is 0 Å². The Morgan fingerprint density at radius 3 is 2.33 bits per heavy atom. The summed E-state index contributed by atoms with van der Waals surface area (Å²) in [7, 11) is 0. The molecule has 2 heteroatoms. The van der Waals surface area contributed by atoms with Crippen LogP contribution in [0.3, 0.4) is 0 Å². The molecule has 1 aliphatic heterocycles. The number of nitrogens with one attached hydrogen (secondary N) is 1. The molecule has 1 aliphatic carbocycles. The van der Waals surface area contributed by atoms with Crippen LogP contribution in [0.25, 0.3) is 0 Å². The Bertz CT molecular complexity index is 207. The number of likely N-dealkylation sites (N-methyl/N-ethyl adjacent to an activating group) is 1. The lowest BCUT2D eigenvalue weighted by molar-refractivity contribution is 0.0320. The van der Waals surface area contributed by atoms with Gasteiger partial charge in [-0.25, -0.2) is 0 Å². The molecule has 1 unspecified atom stereocenters. The Kier molecular flexibility index (Phi) is 3.36. The van der Waals surface area contributed by atoms with E-state index in [0.29, 0.717) is 5.54 Å². The lowest BCUT2D eigenvalue weighted by Crippen LogP contribution is -2.64. The molecule has 0 aromatic carbocycles. The van der Waals surface area contributed by atoms with Crippen molar-refractivity contribution in [3.8, 4) is 0 Å². The zero-order chi connectivity index (χ0) is 10.9. The smallest absolute Gasteiger partial charge is 0.0329 e. The first kappa shape index (κ1) is 11.4. The van der Waals surface area contributed by atoms with Gasteiger partial charge in [0, 0.05) is 24.7 Å². The van der Waals surface area contributed by atoms with E-state index < -0.39 is 0 Å². The SMILES string of the molecule is CCN1CC(C2CC2)NCC1(CC)CC. The molecule has 2 rings (SSSR count). The monoisotopic (exact) mass is 210 g/mol. The number of hydrogen-bond acceptors (Lipinski definition) is 2. The topological polar surface area (TPSA) is 15.3 Å². The number of rotatable bonds is 4. The zero-order valence-electron chi connectivity index (χ0n) is 10.6. The largest absolute Gasteiger partial charge is 0.311 e. The van der Waals surface area contributed by atoms with Crippen molar-refractivity contribution in [2.75, 3.05) is 19.6 Å². The fourth-order valence-corrected chi connectivity index (χ4v) is 3.15. The second kappa shape index (κ2) is 4.42. The van der Waals surface area contributed by atoms with Crippen molar-refractivity contribution in [3.05, 3.63) is 0 Å². The quantitative estimate of drug-likeness (QED) is 0.765. The summed E-state index contributed by atoms with van der Waals surface area (Å²) in [5.74, 6) is 0.991. The predicted molar refractivity (Wildman–Crippen MR) is 65.1 cm³/mol. The Balaban J connectivity index is 2.02. The second-order valence-electron chi connectivity index (χ2n) is 5.29. The molecular weight excluding hydrogens is 184 g/mol. The minimum absolute atomic E-state index is 0.445. The molecule has 2 aliphatic rings. The highest BCUT2D eigenvalue weighted by molar-refractivity contribution is 5.00. The van der Waals surface area contributed by atoms with Crippen molar-refractivity contribution in [1.82, 2.24) is 10.2 Å². The van der Waals surface area contributed by atoms with E-state index in [-0.39, 0.29) is 0 Å². The van der Waals surface area contributed by atoms with E-state index in [2.05, 4.69) is 31.0 Å². The molecule has 0 spiro atoms. The van der Waals surface area contributed by atoms with Crippen LogP contribution in [0.2, 0.25) is 0 Å². The average Bonchev–Trinajstić information content (AvgIpc) is 3.12. The Morgan fingerprint density at radius 2 is 1.87 bits per heavy atom. The van der Waals surface area contributed by atoms with Gasteiger partial charge in [-0.15, -0.1) is 0 Å². The average molecular weight is 210 g/mol. The third kappa shape index (κ3) is 2.07. The fourth-order valence-electron chi connectivity index (χ4n) is 3.15. The van der Waals surface area contributed by atoms with Crippen molar-refractivity contribution in [3.63, 3.8) is 0 Å². The minimum atomic E-state index is 0.445. The maximum absolute atomic E-state index is 3.80. The van der Waals surface area contributed by atoms with E-state index in [4.69, 9.17) is 0 Å². The van der Waals surface area contributed by atoms with Gasteiger partial charge < -0.3 is 5.32 Å². The fraction of sp³-hybridized carbons (Fsp3) is 1.00. The van der Waals surface area contributed by atoms with Gasteiger partial charge in [0.1, 0.15) is 0 Å². The van der Waals surface area contributed by atoms with Gasteiger partial charge in [-0.1, -0.05) is 20.8 Å². The molecule has 1 saturated heterocycles. The highest BCUT2D eigenvalue weighted by Crippen LogP contribution is 2.37. The maximum Gasteiger partial charge on any atom is 0.0329 e. The minimum Gasteiger partial charge on any atom is -0.311 e. The lowest BCUT2D eigenvalue weighted by Gasteiger charge is -2.49. The standard InChI is InChI=1S/C13H26N2/c1-4-13(5-2)10-14-12(11-7-8-11)9-15(13)6-3/h11-12,14H,4-10H2,1-3H3. The molecule has 1 heterocycles.